The van der Waals surface area contributed by atoms with Gasteiger partial charge in [-0.25, -0.2) is 23.7 Å². The van der Waals surface area contributed by atoms with E-state index in [2.05, 4.69) is 20.5 Å². The lowest BCUT2D eigenvalue weighted by atomic mass is 10.1. The lowest BCUT2D eigenvalue weighted by Gasteiger charge is -2.16. The largest absolute Gasteiger partial charge is 0.491 e. The molecule has 0 spiro atoms. The number of ether oxygens (including phenoxy) is 1. The molecule has 3 heterocycles. The third-order valence-corrected chi connectivity index (χ3v) is 9.02. The molecule has 6 rings (SSSR count). The predicted octanol–water partition coefficient (Wildman–Crippen LogP) is 8.23. The second kappa shape index (κ2) is 14.3. The fraction of sp³-hybridized carbons (Fsp3) is 0.235. The van der Waals surface area contributed by atoms with Gasteiger partial charge in [-0.3, -0.25) is 9.69 Å². The van der Waals surface area contributed by atoms with Crippen LogP contribution < -0.4 is 15.4 Å². The minimum atomic E-state index is -0.935. The highest BCUT2D eigenvalue weighted by Gasteiger charge is 2.20. The second-order valence-corrected chi connectivity index (χ2v) is 12.2. The zero-order valence-electron chi connectivity index (χ0n) is 25.0. The fourth-order valence-electron chi connectivity index (χ4n) is 5.20. The minimum Gasteiger partial charge on any atom is -0.491 e. The maximum absolute atomic E-state index is 14.2. The first kappa shape index (κ1) is 31.5. The average Bonchev–Trinajstić information content (AvgIpc) is 3.73. The molecule has 2 N–H and O–H groups in total. The van der Waals surface area contributed by atoms with E-state index in [1.807, 2.05) is 25.1 Å². The lowest BCUT2D eigenvalue weighted by Crippen LogP contribution is -2.25. The number of hydrogen-bond donors (Lipinski definition) is 2. The number of halogens is 3. The predicted molar refractivity (Wildman–Crippen MR) is 178 cm³/mol. The number of nitrogens with zero attached hydrogens (tertiary/aromatic N) is 4. The van der Waals surface area contributed by atoms with Crippen molar-refractivity contribution in [1.29, 1.82) is 0 Å². The molecule has 1 fully saturated rings. The number of benzene rings is 3. The number of nitrogens with one attached hydrogen (secondary N) is 2. The number of anilines is 3. The number of rotatable bonds is 11. The van der Waals surface area contributed by atoms with Gasteiger partial charge in [0.1, 0.15) is 29.6 Å². The van der Waals surface area contributed by atoms with Gasteiger partial charge in [0, 0.05) is 29.7 Å². The van der Waals surface area contributed by atoms with Crippen molar-refractivity contribution in [2.45, 2.75) is 26.2 Å². The first-order valence-corrected chi connectivity index (χ1v) is 16.2. The summed E-state index contributed by atoms with van der Waals surface area (Å²) in [6.07, 6.45) is 4.85. The quantitative estimate of drug-likeness (QED) is 0.147. The van der Waals surface area contributed by atoms with Gasteiger partial charge in [0.15, 0.2) is 0 Å². The van der Waals surface area contributed by atoms with Gasteiger partial charge in [-0.1, -0.05) is 36.7 Å². The molecule has 0 atom stereocenters. The van der Waals surface area contributed by atoms with Gasteiger partial charge in [-0.05, 0) is 80.9 Å². The molecular formula is C34H31ClF2N6O2S. The minimum absolute atomic E-state index is 0.368. The van der Waals surface area contributed by atoms with Gasteiger partial charge < -0.3 is 15.4 Å². The van der Waals surface area contributed by atoms with E-state index in [0.717, 1.165) is 41.7 Å². The zero-order valence-corrected chi connectivity index (χ0v) is 26.6. The van der Waals surface area contributed by atoms with Crippen LogP contribution in [0.15, 0.2) is 72.9 Å². The van der Waals surface area contributed by atoms with Crippen molar-refractivity contribution in [2.24, 2.45) is 0 Å². The highest BCUT2D eigenvalue weighted by Crippen LogP contribution is 2.38. The van der Waals surface area contributed by atoms with Crippen LogP contribution in [-0.2, 0) is 6.42 Å². The number of amides is 1. The van der Waals surface area contributed by atoms with Gasteiger partial charge >= 0.3 is 0 Å². The Hall–Kier alpha value is -4.45. The number of hydrogen-bond acceptors (Lipinski definition) is 8. The molecule has 0 radical (unpaired) electrons. The topological polar surface area (TPSA) is 92.3 Å². The van der Waals surface area contributed by atoms with Crippen LogP contribution in [-0.4, -0.2) is 52.0 Å². The number of aryl methyl sites for hydroxylation is 1. The van der Waals surface area contributed by atoms with E-state index >= 15 is 0 Å². The van der Waals surface area contributed by atoms with Gasteiger partial charge in [0.25, 0.3) is 5.91 Å². The van der Waals surface area contributed by atoms with Crippen molar-refractivity contribution in [3.8, 4) is 27.6 Å². The smallest absolute Gasteiger partial charge is 0.261 e. The molecule has 236 valence electrons. The molecule has 3 aromatic carbocycles. The first-order chi connectivity index (χ1) is 22.4. The lowest BCUT2D eigenvalue weighted by molar-refractivity contribution is 0.101. The Morgan fingerprint density at radius 1 is 1.00 bits per heavy atom. The number of thiazole rings is 1. The Morgan fingerprint density at radius 2 is 1.78 bits per heavy atom. The summed E-state index contributed by atoms with van der Waals surface area (Å²) in [6, 6.07) is 17.5. The van der Waals surface area contributed by atoms with Crippen LogP contribution in [0.4, 0.5) is 26.1 Å². The molecule has 1 saturated heterocycles. The van der Waals surface area contributed by atoms with Crippen LogP contribution >= 0.6 is 22.9 Å². The highest BCUT2D eigenvalue weighted by atomic mass is 35.5. The van der Waals surface area contributed by atoms with Crippen molar-refractivity contribution >= 4 is 46.2 Å². The molecule has 0 unspecified atom stereocenters. The fourth-order valence-corrected chi connectivity index (χ4v) is 6.43. The van der Waals surface area contributed by atoms with Gasteiger partial charge in [-0.15, -0.1) is 11.3 Å². The van der Waals surface area contributed by atoms with Gasteiger partial charge in [0.05, 0.1) is 26.3 Å². The van der Waals surface area contributed by atoms with Crippen molar-refractivity contribution in [2.75, 3.05) is 36.9 Å². The monoisotopic (exact) mass is 660 g/mol. The van der Waals surface area contributed by atoms with Crippen molar-refractivity contribution in [3.05, 3.63) is 100 Å². The third-order valence-electron chi connectivity index (χ3n) is 7.50. The summed E-state index contributed by atoms with van der Waals surface area (Å²) in [7, 11) is 0. The first-order valence-electron chi connectivity index (χ1n) is 15.0. The Morgan fingerprint density at radius 3 is 2.54 bits per heavy atom. The van der Waals surface area contributed by atoms with E-state index in [1.165, 1.54) is 30.2 Å². The summed E-state index contributed by atoms with van der Waals surface area (Å²) in [4.78, 5) is 29.9. The van der Waals surface area contributed by atoms with Gasteiger partial charge in [0.2, 0.25) is 5.95 Å². The summed E-state index contributed by atoms with van der Waals surface area (Å²) in [5, 5.41) is 7.21. The molecule has 5 aromatic rings. The molecule has 0 aliphatic carbocycles. The molecule has 1 aliphatic rings. The number of carbonyl (C=O) groups excluding carboxylic acids is 1. The van der Waals surface area contributed by atoms with Crippen LogP contribution in [0.5, 0.6) is 5.75 Å². The molecule has 12 heteroatoms. The van der Waals surface area contributed by atoms with Crippen molar-refractivity contribution in [3.63, 3.8) is 0 Å². The van der Waals surface area contributed by atoms with E-state index in [4.69, 9.17) is 26.3 Å². The van der Waals surface area contributed by atoms with Crippen molar-refractivity contribution < 1.29 is 18.3 Å². The standard InChI is InChI=1S/C34H31ClF2N6O2S/c1-2-29-42-31(21-7-5-8-22(19-21)39-33(44)30-25(36)9-6-10-26(30)37)32(46-29)27-13-14-38-34(41-27)40-23-11-12-28(24(35)20-23)45-18-17-43-15-3-4-16-43/h5-14,19-20H,2-4,15-18H2,1H3,(H,39,44)(H,38,40,41). The van der Waals surface area contributed by atoms with E-state index < -0.39 is 23.1 Å². The second-order valence-electron chi connectivity index (χ2n) is 10.7. The molecule has 46 heavy (non-hydrogen) atoms. The molecule has 0 saturated carbocycles. The van der Waals surface area contributed by atoms with Crippen LogP contribution in [0.3, 0.4) is 0 Å². The molecule has 1 amide bonds. The van der Waals surface area contributed by atoms with E-state index in [1.54, 1.807) is 36.5 Å². The number of carbonyl (C=O) groups is 1. The van der Waals surface area contributed by atoms with Crippen molar-refractivity contribution in [1.82, 2.24) is 19.9 Å². The summed E-state index contributed by atoms with van der Waals surface area (Å²) in [5.41, 5.74) is 2.46. The molecule has 2 aromatic heterocycles. The third kappa shape index (κ3) is 7.33. The van der Waals surface area contributed by atoms with Crippen LogP contribution in [0.1, 0.15) is 35.1 Å². The van der Waals surface area contributed by atoms with Crippen LogP contribution in [0.25, 0.3) is 21.8 Å². The SMILES string of the molecule is CCc1nc(-c2cccc(NC(=O)c3c(F)cccc3F)c2)c(-c2ccnc(Nc3ccc(OCCN4CCCC4)c(Cl)c3)n2)s1. The van der Waals surface area contributed by atoms with E-state index in [-0.39, 0.29) is 0 Å². The van der Waals surface area contributed by atoms with E-state index in [9.17, 15) is 13.6 Å². The van der Waals surface area contributed by atoms with Crippen LogP contribution in [0.2, 0.25) is 5.02 Å². The molecule has 0 bridgehead atoms. The normalized spacial score (nSPS) is 13.1. The molecule has 1 aliphatic heterocycles. The zero-order chi connectivity index (χ0) is 32.0. The highest BCUT2D eigenvalue weighted by molar-refractivity contribution is 7.15. The molecule has 8 nitrogen and oxygen atoms in total. The molecular weight excluding hydrogens is 630 g/mol. The van der Waals surface area contributed by atoms with Gasteiger partial charge in [-0.2, -0.15) is 0 Å². The maximum atomic E-state index is 14.2. The summed E-state index contributed by atoms with van der Waals surface area (Å²) in [5.74, 6) is -1.75. The Kier molecular flexibility index (Phi) is 9.82. The van der Waals surface area contributed by atoms with Crippen LogP contribution in [0, 0.1) is 11.6 Å². The maximum Gasteiger partial charge on any atom is 0.261 e. The Labute approximate surface area is 274 Å². The number of aromatic nitrogens is 3. The average molecular weight is 661 g/mol. The summed E-state index contributed by atoms with van der Waals surface area (Å²) < 4.78 is 34.3. The summed E-state index contributed by atoms with van der Waals surface area (Å²) >= 11 is 8.04. The Balaban J connectivity index is 1.20. The summed E-state index contributed by atoms with van der Waals surface area (Å²) in [6.45, 7) is 5.71. The Bertz CT molecular complexity index is 1840. The number of likely N-dealkylation sites (tertiary alicyclic amines) is 1. The van der Waals surface area contributed by atoms with E-state index in [0.29, 0.717) is 58.1 Å².